The molecule has 0 aliphatic carbocycles. The maximum absolute atomic E-state index is 10.6. The Morgan fingerprint density at radius 1 is 1.36 bits per heavy atom. The molecule has 0 amide bonds. The van der Waals surface area contributed by atoms with E-state index in [2.05, 4.69) is 0 Å². The van der Waals surface area contributed by atoms with E-state index in [0.29, 0.717) is 0 Å². The predicted molar refractivity (Wildman–Crippen MR) is 43.4 cm³/mol. The lowest BCUT2D eigenvalue weighted by molar-refractivity contribution is -0.202. The Kier molecular flexibility index (Phi) is 3.40. The zero-order chi connectivity index (χ0) is 10.9. The molecule has 6 N–H and O–H groups in total. The first-order chi connectivity index (χ1) is 6.49. The molecule has 82 valence electrons. The van der Waals surface area contributed by atoms with Gasteiger partial charge in [0.25, 0.3) is 0 Å². The van der Waals surface area contributed by atoms with Crippen molar-refractivity contribution in [2.45, 2.75) is 30.5 Å². The zero-order valence-electron chi connectivity index (χ0n) is 7.28. The summed E-state index contributed by atoms with van der Waals surface area (Å²) in [4.78, 5) is 10.6. The summed E-state index contributed by atoms with van der Waals surface area (Å²) in [6, 6.07) is -1.20. The van der Waals surface area contributed by atoms with Crippen molar-refractivity contribution < 1.29 is 30.0 Å². The van der Waals surface area contributed by atoms with Gasteiger partial charge in [-0.2, -0.15) is 0 Å². The molecule has 5 atom stereocenters. The van der Waals surface area contributed by atoms with E-state index in [0.717, 1.165) is 0 Å². The van der Waals surface area contributed by atoms with Crippen LogP contribution in [-0.2, 0) is 9.53 Å². The molecule has 1 heterocycles. The Labute approximate surface area is 79.7 Å². The van der Waals surface area contributed by atoms with Crippen molar-refractivity contribution in [1.82, 2.24) is 0 Å². The molecule has 1 aliphatic rings. The van der Waals surface area contributed by atoms with Crippen molar-refractivity contribution in [3.63, 3.8) is 0 Å². The summed E-state index contributed by atoms with van der Waals surface area (Å²) in [5.41, 5.74) is 5.33. The van der Waals surface area contributed by atoms with Gasteiger partial charge in [0.05, 0.1) is 12.6 Å². The lowest BCUT2D eigenvalue weighted by Crippen LogP contribution is -2.63. The minimum atomic E-state index is -1.41. The van der Waals surface area contributed by atoms with E-state index >= 15 is 0 Å². The first-order valence-corrected chi connectivity index (χ1v) is 4.10. The Morgan fingerprint density at radius 3 is 2.36 bits per heavy atom. The monoisotopic (exact) mass is 207 g/mol. The number of carboxylic acids is 1. The number of ether oxygens (including phenoxy) is 1. The molecule has 0 saturated carbocycles. The van der Waals surface area contributed by atoms with Gasteiger partial charge in [-0.25, -0.2) is 4.79 Å². The van der Waals surface area contributed by atoms with Crippen LogP contribution in [0.3, 0.4) is 0 Å². The largest absolute Gasteiger partial charge is 0.479 e. The Bertz CT molecular complexity index is 220. The number of carbonyl (C=O) groups is 1. The molecule has 7 nitrogen and oxygen atoms in total. The van der Waals surface area contributed by atoms with Crippen molar-refractivity contribution in [2.75, 3.05) is 6.61 Å². The third-order valence-corrected chi connectivity index (χ3v) is 2.22. The van der Waals surface area contributed by atoms with Crippen LogP contribution in [-0.4, -0.2) is 63.5 Å². The van der Waals surface area contributed by atoms with Crippen molar-refractivity contribution in [3.8, 4) is 0 Å². The van der Waals surface area contributed by atoms with E-state index in [9.17, 15) is 15.0 Å². The van der Waals surface area contributed by atoms with Crippen LogP contribution < -0.4 is 5.73 Å². The lowest BCUT2D eigenvalue weighted by Gasteiger charge is -2.38. The van der Waals surface area contributed by atoms with Crippen molar-refractivity contribution in [3.05, 3.63) is 0 Å². The van der Waals surface area contributed by atoms with Crippen LogP contribution in [0.1, 0.15) is 0 Å². The van der Waals surface area contributed by atoms with Crippen LogP contribution in [0.25, 0.3) is 0 Å². The number of hydrogen-bond donors (Lipinski definition) is 5. The minimum absolute atomic E-state index is 0.575. The normalized spacial score (nSPS) is 43.6. The summed E-state index contributed by atoms with van der Waals surface area (Å²) in [6.45, 7) is -0.575. The molecule has 14 heavy (non-hydrogen) atoms. The van der Waals surface area contributed by atoms with Gasteiger partial charge in [0.15, 0.2) is 6.10 Å². The second kappa shape index (κ2) is 4.20. The summed E-state index contributed by atoms with van der Waals surface area (Å²) >= 11 is 0. The summed E-state index contributed by atoms with van der Waals surface area (Å²) < 4.78 is 4.81. The second-order valence-electron chi connectivity index (χ2n) is 3.17. The average Bonchev–Trinajstić information content (AvgIpc) is 2.14. The molecule has 0 aromatic rings. The van der Waals surface area contributed by atoms with Gasteiger partial charge in [0.2, 0.25) is 0 Å². The quantitative estimate of drug-likeness (QED) is 0.323. The van der Waals surface area contributed by atoms with E-state index in [-0.39, 0.29) is 0 Å². The molecule has 0 unspecified atom stereocenters. The first kappa shape index (κ1) is 11.3. The van der Waals surface area contributed by atoms with Crippen LogP contribution in [0.15, 0.2) is 0 Å². The molecule has 1 rings (SSSR count). The third kappa shape index (κ3) is 1.86. The molecule has 0 spiro atoms. The SMILES string of the molecule is N[C@H]1[C@H](O)[C@@H](O)[C@H](CO)O[C@@H]1C(=O)O. The number of aliphatic hydroxyl groups is 3. The molecule has 0 bridgehead atoms. The topological polar surface area (TPSA) is 133 Å². The van der Waals surface area contributed by atoms with Gasteiger partial charge in [0, 0.05) is 0 Å². The van der Waals surface area contributed by atoms with E-state index < -0.39 is 43.0 Å². The highest BCUT2D eigenvalue weighted by Crippen LogP contribution is 2.19. The molecule has 1 saturated heterocycles. The Hall–Kier alpha value is -0.730. The van der Waals surface area contributed by atoms with Gasteiger partial charge in [-0.1, -0.05) is 0 Å². The van der Waals surface area contributed by atoms with E-state index in [1.54, 1.807) is 0 Å². The van der Waals surface area contributed by atoms with Gasteiger partial charge in [-0.05, 0) is 0 Å². The molecule has 0 aromatic heterocycles. The van der Waals surface area contributed by atoms with Crippen LogP contribution >= 0.6 is 0 Å². The number of aliphatic hydroxyl groups excluding tert-OH is 3. The van der Waals surface area contributed by atoms with Gasteiger partial charge in [-0.3, -0.25) is 0 Å². The Balaban J connectivity index is 2.78. The minimum Gasteiger partial charge on any atom is -0.479 e. The number of nitrogens with two attached hydrogens (primary N) is 1. The molecule has 1 aliphatic heterocycles. The summed E-state index contributed by atoms with van der Waals surface area (Å²) in [5.74, 6) is -1.33. The van der Waals surface area contributed by atoms with Crippen LogP contribution in [0, 0.1) is 0 Å². The summed E-state index contributed by atoms with van der Waals surface area (Å²) in [6.07, 6.45) is -5.32. The maximum Gasteiger partial charge on any atom is 0.334 e. The second-order valence-corrected chi connectivity index (χ2v) is 3.17. The fraction of sp³-hybridized carbons (Fsp3) is 0.857. The fourth-order valence-corrected chi connectivity index (χ4v) is 1.36. The van der Waals surface area contributed by atoms with E-state index in [1.165, 1.54) is 0 Å². The molecule has 0 radical (unpaired) electrons. The smallest absolute Gasteiger partial charge is 0.334 e. The average molecular weight is 207 g/mol. The van der Waals surface area contributed by atoms with Crippen LogP contribution in [0.5, 0.6) is 0 Å². The third-order valence-electron chi connectivity index (χ3n) is 2.22. The highest BCUT2D eigenvalue weighted by atomic mass is 16.5. The molecular weight excluding hydrogens is 194 g/mol. The Morgan fingerprint density at radius 2 is 1.93 bits per heavy atom. The highest BCUT2D eigenvalue weighted by Gasteiger charge is 2.45. The fourth-order valence-electron chi connectivity index (χ4n) is 1.36. The van der Waals surface area contributed by atoms with Gasteiger partial charge >= 0.3 is 5.97 Å². The van der Waals surface area contributed by atoms with Crippen molar-refractivity contribution in [2.24, 2.45) is 5.73 Å². The number of hydrogen-bond acceptors (Lipinski definition) is 6. The number of rotatable bonds is 2. The van der Waals surface area contributed by atoms with Crippen LogP contribution in [0.2, 0.25) is 0 Å². The number of carboxylic acid groups (broad SMARTS) is 1. The first-order valence-electron chi connectivity index (χ1n) is 4.10. The van der Waals surface area contributed by atoms with Gasteiger partial charge in [-0.15, -0.1) is 0 Å². The van der Waals surface area contributed by atoms with E-state index in [1.807, 2.05) is 0 Å². The zero-order valence-corrected chi connectivity index (χ0v) is 7.28. The summed E-state index contributed by atoms with van der Waals surface area (Å²) in [5, 5.41) is 36.0. The lowest BCUT2D eigenvalue weighted by atomic mass is 9.93. The number of aliphatic carboxylic acids is 1. The standard InChI is InChI=1S/C7H13NO6/c8-3-5(11)4(10)2(1-9)14-6(3)7(12)13/h2-6,9-11H,1,8H2,(H,12,13)/t2-,3-,4-,5-,6-/m0/s1. The summed E-state index contributed by atoms with van der Waals surface area (Å²) in [7, 11) is 0. The van der Waals surface area contributed by atoms with Gasteiger partial charge < -0.3 is 30.9 Å². The molecule has 1 fully saturated rings. The molecule has 0 aromatic carbocycles. The van der Waals surface area contributed by atoms with Gasteiger partial charge in [0.1, 0.15) is 18.3 Å². The molecular formula is C7H13NO6. The van der Waals surface area contributed by atoms with Crippen LogP contribution in [0.4, 0.5) is 0 Å². The van der Waals surface area contributed by atoms with Crippen molar-refractivity contribution >= 4 is 5.97 Å². The van der Waals surface area contributed by atoms with E-state index in [4.69, 9.17) is 20.7 Å². The predicted octanol–water partition coefficient (Wildman–Crippen LogP) is -3.12. The maximum atomic E-state index is 10.6. The molecule has 7 heteroatoms. The van der Waals surface area contributed by atoms with Crippen molar-refractivity contribution in [1.29, 1.82) is 0 Å². The highest BCUT2D eigenvalue weighted by molar-refractivity contribution is 5.73.